The quantitative estimate of drug-likeness (QED) is 0.889. The summed E-state index contributed by atoms with van der Waals surface area (Å²) in [7, 11) is 0. The van der Waals surface area contributed by atoms with Gasteiger partial charge in [0.25, 0.3) is 0 Å². The van der Waals surface area contributed by atoms with Crippen molar-refractivity contribution in [2.45, 2.75) is 66.1 Å². The Hall–Kier alpha value is -0.900. The number of aromatic nitrogens is 3. The van der Waals surface area contributed by atoms with Crippen molar-refractivity contribution in [3.05, 3.63) is 12.2 Å². The van der Waals surface area contributed by atoms with Crippen molar-refractivity contribution in [3.63, 3.8) is 0 Å². The Balaban J connectivity index is 1.86. The summed E-state index contributed by atoms with van der Waals surface area (Å²) in [6.07, 6.45) is 5.64. The van der Waals surface area contributed by atoms with Gasteiger partial charge in [-0.25, -0.2) is 9.67 Å². The monoisotopic (exact) mass is 264 g/mol. The summed E-state index contributed by atoms with van der Waals surface area (Å²) in [5.74, 6) is 3.36. The van der Waals surface area contributed by atoms with Gasteiger partial charge in [-0.3, -0.25) is 0 Å². The summed E-state index contributed by atoms with van der Waals surface area (Å²) in [4.78, 5) is 4.38. The van der Waals surface area contributed by atoms with Crippen LogP contribution < -0.4 is 5.32 Å². The molecule has 108 valence electrons. The molecule has 1 heterocycles. The summed E-state index contributed by atoms with van der Waals surface area (Å²) >= 11 is 0. The van der Waals surface area contributed by atoms with Gasteiger partial charge in [-0.1, -0.05) is 27.7 Å². The van der Waals surface area contributed by atoms with E-state index in [1.54, 1.807) is 6.33 Å². The second-order valence-corrected chi connectivity index (χ2v) is 6.75. The first-order chi connectivity index (χ1) is 9.04. The van der Waals surface area contributed by atoms with E-state index in [9.17, 15) is 0 Å². The molecule has 1 saturated carbocycles. The van der Waals surface area contributed by atoms with Crippen molar-refractivity contribution in [1.82, 2.24) is 20.1 Å². The van der Waals surface area contributed by atoms with Crippen LogP contribution in [0.2, 0.25) is 0 Å². The van der Waals surface area contributed by atoms with Gasteiger partial charge in [0.15, 0.2) is 0 Å². The molecule has 2 atom stereocenters. The Labute approximate surface area is 117 Å². The molecule has 0 aliphatic heterocycles. The fourth-order valence-electron chi connectivity index (χ4n) is 3.27. The van der Waals surface area contributed by atoms with Gasteiger partial charge in [0, 0.05) is 12.6 Å². The standard InChI is InChI=1S/C15H28N4/c1-11(2)9-19-15(17-10-18-19)8-16-14-6-12(3)5-13(4)7-14/h10-14,16H,5-9H2,1-4H3. The highest BCUT2D eigenvalue weighted by Crippen LogP contribution is 2.28. The third-order valence-electron chi connectivity index (χ3n) is 3.96. The molecule has 4 heteroatoms. The first-order valence-corrected chi connectivity index (χ1v) is 7.64. The van der Waals surface area contributed by atoms with Crippen LogP contribution in [-0.4, -0.2) is 20.8 Å². The van der Waals surface area contributed by atoms with Gasteiger partial charge in [0.2, 0.25) is 0 Å². The van der Waals surface area contributed by atoms with Gasteiger partial charge in [-0.15, -0.1) is 0 Å². The summed E-state index contributed by atoms with van der Waals surface area (Å²) < 4.78 is 2.04. The topological polar surface area (TPSA) is 42.7 Å². The average Bonchev–Trinajstić information content (AvgIpc) is 2.71. The Morgan fingerprint density at radius 1 is 1.26 bits per heavy atom. The lowest BCUT2D eigenvalue weighted by atomic mass is 9.80. The molecule has 0 aromatic carbocycles. The molecule has 2 rings (SSSR count). The van der Waals surface area contributed by atoms with Gasteiger partial charge in [-0.2, -0.15) is 5.10 Å². The molecule has 2 unspecified atom stereocenters. The molecule has 19 heavy (non-hydrogen) atoms. The van der Waals surface area contributed by atoms with Crippen molar-refractivity contribution < 1.29 is 0 Å². The summed E-state index contributed by atoms with van der Waals surface area (Å²) in [5, 5.41) is 7.99. The van der Waals surface area contributed by atoms with E-state index in [-0.39, 0.29) is 0 Å². The van der Waals surface area contributed by atoms with Crippen LogP contribution in [0, 0.1) is 17.8 Å². The van der Waals surface area contributed by atoms with Crippen LogP contribution in [0.1, 0.15) is 52.8 Å². The highest BCUT2D eigenvalue weighted by atomic mass is 15.3. The molecule has 1 aromatic heterocycles. The lowest BCUT2D eigenvalue weighted by Crippen LogP contribution is -2.36. The van der Waals surface area contributed by atoms with Crippen molar-refractivity contribution in [3.8, 4) is 0 Å². The zero-order valence-electron chi connectivity index (χ0n) is 12.8. The van der Waals surface area contributed by atoms with Crippen molar-refractivity contribution in [2.75, 3.05) is 0 Å². The average molecular weight is 264 g/mol. The molecule has 1 aliphatic carbocycles. The predicted octanol–water partition coefficient (Wildman–Crippen LogP) is 2.85. The third kappa shape index (κ3) is 4.30. The van der Waals surface area contributed by atoms with Crippen molar-refractivity contribution in [1.29, 1.82) is 0 Å². The minimum atomic E-state index is 0.607. The first-order valence-electron chi connectivity index (χ1n) is 7.64. The zero-order chi connectivity index (χ0) is 13.8. The Kier molecular flexibility index (Phi) is 4.97. The Morgan fingerprint density at radius 3 is 2.58 bits per heavy atom. The van der Waals surface area contributed by atoms with Crippen LogP contribution in [-0.2, 0) is 13.1 Å². The Morgan fingerprint density at radius 2 is 1.95 bits per heavy atom. The number of rotatable bonds is 5. The fourth-order valence-corrected chi connectivity index (χ4v) is 3.27. The van der Waals surface area contributed by atoms with E-state index in [1.165, 1.54) is 19.3 Å². The maximum absolute atomic E-state index is 4.38. The lowest BCUT2D eigenvalue weighted by Gasteiger charge is -2.32. The maximum atomic E-state index is 4.38. The molecular formula is C15H28N4. The second kappa shape index (κ2) is 6.51. The van der Waals surface area contributed by atoms with E-state index < -0.39 is 0 Å². The normalized spacial score (nSPS) is 27.9. The molecule has 0 radical (unpaired) electrons. The van der Waals surface area contributed by atoms with Crippen molar-refractivity contribution >= 4 is 0 Å². The van der Waals surface area contributed by atoms with E-state index in [2.05, 4.69) is 43.1 Å². The molecule has 0 amide bonds. The van der Waals surface area contributed by atoms with E-state index in [1.807, 2.05) is 4.68 Å². The van der Waals surface area contributed by atoms with Crippen LogP contribution in [0.5, 0.6) is 0 Å². The summed E-state index contributed by atoms with van der Waals surface area (Å²) in [6.45, 7) is 11.0. The SMILES string of the molecule is CC(C)Cn1ncnc1CNC1CC(C)CC(C)C1. The fraction of sp³-hybridized carbons (Fsp3) is 0.867. The Bertz CT molecular complexity index is 375. The molecule has 1 aromatic rings. The molecule has 1 fully saturated rings. The van der Waals surface area contributed by atoms with E-state index in [0.29, 0.717) is 12.0 Å². The van der Waals surface area contributed by atoms with Gasteiger partial charge in [-0.05, 0) is 37.0 Å². The molecule has 0 spiro atoms. The largest absolute Gasteiger partial charge is 0.307 e. The van der Waals surface area contributed by atoms with Gasteiger partial charge in [0.05, 0.1) is 6.54 Å². The lowest BCUT2D eigenvalue weighted by molar-refractivity contribution is 0.236. The third-order valence-corrected chi connectivity index (χ3v) is 3.96. The van der Waals surface area contributed by atoms with Crippen LogP contribution in [0.25, 0.3) is 0 Å². The van der Waals surface area contributed by atoms with Crippen molar-refractivity contribution in [2.24, 2.45) is 17.8 Å². The number of hydrogen-bond donors (Lipinski definition) is 1. The van der Waals surface area contributed by atoms with Crippen LogP contribution >= 0.6 is 0 Å². The molecule has 4 nitrogen and oxygen atoms in total. The van der Waals surface area contributed by atoms with Gasteiger partial charge in [0.1, 0.15) is 12.2 Å². The van der Waals surface area contributed by atoms with Gasteiger partial charge >= 0.3 is 0 Å². The maximum Gasteiger partial charge on any atom is 0.140 e. The predicted molar refractivity (Wildman–Crippen MR) is 77.7 cm³/mol. The molecule has 0 saturated heterocycles. The number of hydrogen-bond acceptors (Lipinski definition) is 3. The zero-order valence-corrected chi connectivity index (χ0v) is 12.8. The highest BCUT2D eigenvalue weighted by molar-refractivity contribution is 4.87. The van der Waals surface area contributed by atoms with E-state index in [4.69, 9.17) is 0 Å². The van der Waals surface area contributed by atoms with Crippen LogP contribution in [0.3, 0.4) is 0 Å². The minimum Gasteiger partial charge on any atom is -0.307 e. The summed E-state index contributed by atoms with van der Waals surface area (Å²) in [5.41, 5.74) is 0. The molecule has 1 aliphatic rings. The highest BCUT2D eigenvalue weighted by Gasteiger charge is 2.23. The first kappa shape index (κ1) is 14.5. The second-order valence-electron chi connectivity index (χ2n) is 6.75. The van der Waals surface area contributed by atoms with Crippen LogP contribution in [0.15, 0.2) is 6.33 Å². The summed E-state index contributed by atoms with van der Waals surface area (Å²) in [6, 6.07) is 0.642. The molecule has 0 bridgehead atoms. The smallest absolute Gasteiger partial charge is 0.140 e. The van der Waals surface area contributed by atoms with E-state index in [0.717, 1.165) is 30.7 Å². The molecule has 1 N–H and O–H groups in total. The van der Waals surface area contributed by atoms with Gasteiger partial charge < -0.3 is 5.32 Å². The minimum absolute atomic E-state index is 0.607. The van der Waals surface area contributed by atoms with E-state index >= 15 is 0 Å². The number of nitrogens with zero attached hydrogens (tertiary/aromatic N) is 3. The number of nitrogens with one attached hydrogen (secondary N) is 1. The molecular weight excluding hydrogens is 236 g/mol. The van der Waals surface area contributed by atoms with Crippen LogP contribution in [0.4, 0.5) is 0 Å².